The molecule has 2 amide bonds. The van der Waals surface area contributed by atoms with Crippen molar-refractivity contribution in [3.63, 3.8) is 0 Å². The number of nitrogens with one attached hydrogen (secondary N) is 2. The van der Waals surface area contributed by atoms with E-state index in [1.54, 1.807) is 0 Å². The molecule has 7 nitrogen and oxygen atoms in total. The predicted octanol–water partition coefficient (Wildman–Crippen LogP) is 6.82. The molecule has 2 aromatic rings. The zero-order chi connectivity index (χ0) is 29.7. The fourth-order valence-electron chi connectivity index (χ4n) is 3.08. The molecule has 0 bridgehead atoms. The van der Waals surface area contributed by atoms with Crippen LogP contribution in [0.4, 0.5) is 26.3 Å². The maximum Gasteiger partial charge on any atom is 0.405 e. The van der Waals surface area contributed by atoms with Crippen LogP contribution in [-0.2, 0) is 4.79 Å². The second-order valence-electron chi connectivity index (χ2n) is 7.79. The molecule has 0 aliphatic rings. The van der Waals surface area contributed by atoms with Gasteiger partial charge in [0.1, 0.15) is 6.54 Å². The number of benzene rings is 2. The molecule has 2 atom stereocenters. The summed E-state index contributed by atoms with van der Waals surface area (Å²) < 4.78 is 78.3. The van der Waals surface area contributed by atoms with Gasteiger partial charge in [0, 0.05) is 9.40 Å². The van der Waals surface area contributed by atoms with Crippen LogP contribution in [0.5, 0.6) is 0 Å². The van der Waals surface area contributed by atoms with Crippen LogP contribution in [0.25, 0.3) is 6.08 Å². The van der Waals surface area contributed by atoms with Gasteiger partial charge in [0.15, 0.2) is 6.04 Å². The molecule has 39 heavy (non-hydrogen) atoms. The van der Waals surface area contributed by atoms with Crippen molar-refractivity contribution in [3.8, 4) is 0 Å². The largest absolute Gasteiger partial charge is 0.405 e. The number of nitrogens with zero attached hydrogens (tertiary/aromatic N) is 1. The summed E-state index contributed by atoms with van der Waals surface area (Å²) >= 11 is 20.6. The van der Waals surface area contributed by atoms with Crippen LogP contribution in [0.2, 0.25) is 15.1 Å². The van der Waals surface area contributed by atoms with E-state index in [4.69, 9.17) is 34.8 Å². The Morgan fingerprint density at radius 3 is 2.13 bits per heavy atom. The molecule has 0 heterocycles. The maximum atomic E-state index is 13.7. The molecule has 0 aromatic heterocycles. The van der Waals surface area contributed by atoms with E-state index < -0.39 is 54.1 Å². The highest BCUT2D eigenvalue weighted by atomic mass is 79.9. The Bertz CT molecular complexity index is 1270. The zero-order valence-corrected chi connectivity index (χ0v) is 22.8. The van der Waals surface area contributed by atoms with Gasteiger partial charge in [-0.25, -0.2) is 0 Å². The molecule has 17 heteroatoms. The van der Waals surface area contributed by atoms with E-state index in [1.165, 1.54) is 17.4 Å². The van der Waals surface area contributed by atoms with Gasteiger partial charge in [-0.05, 0) is 51.3 Å². The van der Waals surface area contributed by atoms with Crippen LogP contribution in [0.3, 0.4) is 0 Å². The predicted molar refractivity (Wildman–Crippen MR) is 136 cm³/mol. The molecule has 212 valence electrons. The number of rotatable bonds is 9. The topological polar surface area (TPSA) is 101 Å². The van der Waals surface area contributed by atoms with Crippen molar-refractivity contribution >= 4 is 68.6 Å². The van der Waals surface area contributed by atoms with Crippen LogP contribution >= 0.6 is 50.7 Å². The third-order valence-corrected chi connectivity index (χ3v) is 6.71. The molecule has 2 N–H and O–H groups in total. The number of alkyl halides is 6. The molecular formula is C22H15BrCl3F6N3O4. The smallest absolute Gasteiger partial charge is 0.345 e. The first-order valence-corrected chi connectivity index (χ1v) is 12.3. The van der Waals surface area contributed by atoms with Gasteiger partial charge in [0.2, 0.25) is 12.5 Å². The van der Waals surface area contributed by atoms with Crippen molar-refractivity contribution in [1.29, 1.82) is 0 Å². The van der Waals surface area contributed by atoms with Gasteiger partial charge in [-0.1, -0.05) is 53.0 Å². The Morgan fingerprint density at radius 2 is 1.64 bits per heavy atom. The van der Waals surface area contributed by atoms with Crippen molar-refractivity contribution in [2.24, 2.45) is 0 Å². The summed E-state index contributed by atoms with van der Waals surface area (Å²) in [6, 6.07) is 3.72. The van der Waals surface area contributed by atoms with E-state index in [0.29, 0.717) is 0 Å². The number of allylic oxidation sites excluding steroid dienone is 1. The number of halogens is 10. The number of hydrogen-bond donors (Lipinski definition) is 2. The summed E-state index contributed by atoms with van der Waals surface area (Å²) in [7, 11) is 0. The van der Waals surface area contributed by atoms with Crippen LogP contribution in [0, 0.1) is 10.1 Å². The lowest BCUT2D eigenvalue weighted by Crippen LogP contribution is -2.52. The summed E-state index contributed by atoms with van der Waals surface area (Å²) in [4.78, 5) is 34.4. The number of hydrogen-bond acceptors (Lipinski definition) is 4. The van der Waals surface area contributed by atoms with Gasteiger partial charge in [0.05, 0.1) is 26.5 Å². The van der Waals surface area contributed by atoms with Gasteiger partial charge < -0.3 is 10.6 Å². The third-order valence-electron chi connectivity index (χ3n) is 4.85. The Hall–Kier alpha value is -2.55. The van der Waals surface area contributed by atoms with Crippen LogP contribution < -0.4 is 10.6 Å². The number of carbonyl (C=O) groups excluding carboxylic acids is 2. The molecule has 0 aliphatic heterocycles. The lowest BCUT2D eigenvalue weighted by Gasteiger charge is -2.18. The second kappa shape index (κ2) is 13.2. The molecule has 0 radical (unpaired) electrons. The molecule has 0 saturated carbocycles. The fraction of sp³-hybridized carbons (Fsp3) is 0.273. The normalized spacial score (nSPS) is 13.7. The molecule has 0 spiro atoms. The molecule has 2 unspecified atom stereocenters. The first-order valence-electron chi connectivity index (χ1n) is 10.3. The first kappa shape index (κ1) is 32.7. The number of carbonyl (C=O) groups is 2. The minimum absolute atomic E-state index is 0.0128. The molecule has 2 aromatic carbocycles. The quantitative estimate of drug-likeness (QED) is 0.131. The van der Waals surface area contributed by atoms with E-state index in [1.807, 2.05) is 5.32 Å². The van der Waals surface area contributed by atoms with Crippen LogP contribution in [0.1, 0.15) is 27.4 Å². The van der Waals surface area contributed by atoms with Gasteiger partial charge >= 0.3 is 12.4 Å². The lowest BCUT2D eigenvalue weighted by molar-refractivity contribution is -0.481. The monoisotopic (exact) mass is 683 g/mol. The standard InChI is InChI=1S/C22H15BrCl3F6N3O4/c23-14-5-10(2-4-13(22(30,31)32)11-6-15(24)18(26)16(25)7-11)1-3-12(14)19(36)34-17(8-35(38)39)20(37)33-9-21(27,28)29/h1-7,13,17H,8-9H2,(H,33,37)(H,34,36)/b4-2+. The van der Waals surface area contributed by atoms with Crippen molar-refractivity contribution < 1.29 is 40.9 Å². The summed E-state index contributed by atoms with van der Waals surface area (Å²) in [6.07, 6.45) is -7.62. The summed E-state index contributed by atoms with van der Waals surface area (Å²) in [6.45, 7) is -2.97. The Kier molecular flexibility index (Phi) is 11.1. The van der Waals surface area contributed by atoms with E-state index in [-0.39, 0.29) is 36.2 Å². The van der Waals surface area contributed by atoms with Crippen molar-refractivity contribution in [2.45, 2.75) is 24.3 Å². The van der Waals surface area contributed by atoms with E-state index >= 15 is 0 Å². The summed E-state index contributed by atoms with van der Waals surface area (Å²) in [5.41, 5.74) is -0.301. The zero-order valence-electron chi connectivity index (χ0n) is 19.0. The highest BCUT2D eigenvalue weighted by molar-refractivity contribution is 9.10. The molecule has 0 fully saturated rings. The lowest BCUT2D eigenvalue weighted by atomic mass is 9.97. The average Bonchev–Trinajstić information content (AvgIpc) is 2.79. The molecular weight excluding hydrogens is 671 g/mol. The van der Waals surface area contributed by atoms with Crippen LogP contribution in [-0.4, -0.2) is 48.2 Å². The van der Waals surface area contributed by atoms with Gasteiger partial charge in [-0.3, -0.25) is 19.7 Å². The Balaban J connectivity index is 2.26. The van der Waals surface area contributed by atoms with Gasteiger partial charge in [-0.15, -0.1) is 0 Å². The highest BCUT2D eigenvalue weighted by Crippen LogP contribution is 2.41. The average molecular weight is 686 g/mol. The number of amides is 2. The Labute approximate surface area is 239 Å². The molecule has 0 saturated heterocycles. The maximum absolute atomic E-state index is 13.7. The summed E-state index contributed by atoms with van der Waals surface area (Å²) in [5, 5.41) is 13.8. The van der Waals surface area contributed by atoms with Crippen molar-refractivity contribution in [3.05, 3.63) is 82.8 Å². The SMILES string of the molecule is O=C(NC(C[N+](=O)[O-])C(=O)NCC(F)(F)F)c1ccc(/C=C/C(c2cc(Cl)c(Cl)c(Cl)c2)C(F)(F)F)cc1Br. The number of nitro groups is 1. The van der Waals surface area contributed by atoms with E-state index in [2.05, 4.69) is 15.9 Å². The van der Waals surface area contributed by atoms with Crippen LogP contribution in [0.15, 0.2) is 40.9 Å². The summed E-state index contributed by atoms with van der Waals surface area (Å²) in [5.74, 6) is -4.64. The van der Waals surface area contributed by atoms with Gasteiger partial charge in [0.25, 0.3) is 5.91 Å². The molecule has 2 rings (SSSR count). The third kappa shape index (κ3) is 9.85. The minimum atomic E-state index is -4.79. The van der Waals surface area contributed by atoms with Gasteiger partial charge in [-0.2, -0.15) is 26.3 Å². The van der Waals surface area contributed by atoms with Crippen molar-refractivity contribution in [2.75, 3.05) is 13.1 Å². The molecule has 0 aliphatic carbocycles. The highest BCUT2D eigenvalue weighted by Gasteiger charge is 2.39. The van der Waals surface area contributed by atoms with Crippen molar-refractivity contribution in [1.82, 2.24) is 10.6 Å². The fourth-order valence-corrected chi connectivity index (χ4v) is 4.27. The first-order chi connectivity index (χ1) is 17.9. The Morgan fingerprint density at radius 1 is 1.05 bits per heavy atom. The van der Waals surface area contributed by atoms with E-state index in [0.717, 1.165) is 30.4 Å². The second-order valence-corrected chi connectivity index (χ2v) is 9.84. The minimum Gasteiger partial charge on any atom is -0.345 e. The van der Waals surface area contributed by atoms with E-state index in [9.17, 15) is 46.0 Å².